The summed E-state index contributed by atoms with van der Waals surface area (Å²) in [6, 6.07) is 6.61. The molecular weight excluding hydrogens is 362 g/mol. The Bertz CT molecular complexity index is 790. The van der Waals surface area contributed by atoms with Crippen LogP contribution in [0.25, 0.3) is 11.3 Å². The van der Waals surface area contributed by atoms with Gasteiger partial charge in [-0.1, -0.05) is 25.0 Å². The summed E-state index contributed by atoms with van der Waals surface area (Å²) in [4.78, 5) is 4.50. The molecule has 138 valence electrons. The Kier molecular flexibility index (Phi) is 6.62. The van der Waals surface area contributed by atoms with E-state index < -0.39 is 10.0 Å². The van der Waals surface area contributed by atoms with Gasteiger partial charge in [0.1, 0.15) is 12.0 Å². The van der Waals surface area contributed by atoms with Crippen LogP contribution in [0.2, 0.25) is 0 Å². The number of aromatic nitrogens is 1. The topological polar surface area (TPSA) is 98.2 Å². The van der Waals surface area contributed by atoms with Crippen molar-refractivity contribution in [2.75, 3.05) is 6.54 Å². The smallest absolute Gasteiger partial charge is 0.240 e. The van der Waals surface area contributed by atoms with Gasteiger partial charge in [-0.15, -0.1) is 12.4 Å². The SMILES string of the molecule is Cc1nc(-c2ccc(S(=O)(=O)NC3CCCCC3CN)cc2)co1.Cl. The van der Waals surface area contributed by atoms with Crippen LogP contribution in [0.4, 0.5) is 0 Å². The average molecular weight is 386 g/mol. The summed E-state index contributed by atoms with van der Waals surface area (Å²) < 4.78 is 33.3. The van der Waals surface area contributed by atoms with Crippen molar-refractivity contribution in [2.24, 2.45) is 11.7 Å². The first-order chi connectivity index (χ1) is 11.5. The molecule has 2 aromatic rings. The van der Waals surface area contributed by atoms with Crippen LogP contribution in [-0.2, 0) is 10.0 Å². The fourth-order valence-corrected chi connectivity index (χ4v) is 4.55. The molecule has 0 spiro atoms. The van der Waals surface area contributed by atoms with Crippen molar-refractivity contribution in [1.82, 2.24) is 9.71 Å². The number of rotatable bonds is 5. The Hall–Kier alpha value is -1.41. The number of benzene rings is 1. The third kappa shape index (κ3) is 4.61. The Balaban J connectivity index is 0.00000225. The molecule has 0 saturated heterocycles. The van der Waals surface area contributed by atoms with E-state index in [0.717, 1.165) is 31.2 Å². The number of oxazole rings is 1. The molecule has 2 unspecified atom stereocenters. The number of hydrogen-bond acceptors (Lipinski definition) is 5. The minimum absolute atomic E-state index is 0. The minimum atomic E-state index is -3.55. The van der Waals surface area contributed by atoms with Crippen molar-refractivity contribution < 1.29 is 12.8 Å². The lowest BCUT2D eigenvalue weighted by Gasteiger charge is -2.31. The van der Waals surface area contributed by atoms with Crippen LogP contribution >= 0.6 is 12.4 Å². The number of aryl methyl sites for hydroxylation is 1. The van der Waals surface area contributed by atoms with Crippen molar-refractivity contribution in [3.8, 4) is 11.3 Å². The van der Waals surface area contributed by atoms with Crippen LogP contribution in [-0.4, -0.2) is 26.0 Å². The average Bonchev–Trinajstić information content (AvgIpc) is 3.02. The Labute approximate surface area is 154 Å². The second-order valence-corrected chi connectivity index (χ2v) is 8.00. The minimum Gasteiger partial charge on any atom is -0.449 e. The highest BCUT2D eigenvalue weighted by molar-refractivity contribution is 7.89. The molecule has 1 aliphatic rings. The van der Waals surface area contributed by atoms with Gasteiger partial charge in [-0.3, -0.25) is 0 Å². The van der Waals surface area contributed by atoms with Crippen molar-refractivity contribution >= 4 is 22.4 Å². The van der Waals surface area contributed by atoms with E-state index in [1.807, 2.05) is 0 Å². The third-order valence-electron chi connectivity index (χ3n) is 4.60. The Morgan fingerprint density at radius 1 is 1.24 bits per heavy atom. The molecule has 1 aromatic carbocycles. The Morgan fingerprint density at radius 2 is 1.92 bits per heavy atom. The molecule has 0 radical (unpaired) electrons. The summed E-state index contributed by atoms with van der Waals surface area (Å²) in [6.07, 6.45) is 5.54. The third-order valence-corrected chi connectivity index (χ3v) is 6.10. The van der Waals surface area contributed by atoms with Gasteiger partial charge in [0.25, 0.3) is 0 Å². The molecule has 6 nitrogen and oxygen atoms in total. The van der Waals surface area contributed by atoms with Gasteiger partial charge in [0.05, 0.1) is 4.90 Å². The summed E-state index contributed by atoms with van der Waals surface area (Å²) in [5.41, 5.74) is 7.30. The molecule has 0 bridgehead atoms. The lowest BCUT2D eigenvalue weighted by Crippen LogP contribution is -2.44. The van der Waals surface area contributed by atoms with Crippen LogP contribution in [0.3, 0.4) is 0 Å². The molecule has 1 saturated carbocycles. The van der Waals surface area contributed by atoms with E-state index in [0.29, 0.717) is 18.1 Å². The van der Waals surface area contributed by atoms with E-state index in [1.54, 1.807) is 37.5 Å². The molecular formula is C17H24ClN3O3S. The second-order valence-electron chi connectivity index (χ2n) is 6.28. The number of nitrogens with two attached hydrogens (primary N) is 1. The van der Waals surface area contributed by atoms with Crippen molar-refractivity contribution in [3.05, 3.63) is 36.4 Å². The molecule has 3 N–H and O–H groups in total. The molecule has 3 rings (SSSR count). The monoisotopic (exact) mass is 385 g/mol. The van der Waals surface area contributed by atoms with Crippen LogP contribution in [0.1, 0.15) is 31.6 Å². The van der Waals surface area contributed by atoms with E-state index in [1.165, 1.54) is 0 Å². The number of nitrogens with zero attached hydrogens (tertiary/aromatic N) is 1. The van der Waals surface area contributed by atoms with Gasteiger partial charge < -0.3 is 10.2 Å². The molecule has 0 amide bonds. The van der Waals surface area contributed by atoms with Crippen LogP contribution in [0, 0.1) is 12.8 Å². The number of halogens is 1. The van der Waals surface area contributed by atoms with Gasteiger partial charge in [0, 0.05) is 18.5 Å². The molecule has 1 aliphatic carbocycles. The van der Waals surface area contributed by atoms with Gasteiger partial charge in [0.2, 0.25) is 10.0 Å². The van der Waals surface area contributed by atoms with Gasteiger partial charge in [0.15, 0.2) is 5.89 Å². The zero-order valence-corrected chi connectivity index (χ0v) is 15.8. The maximum Gasteiger partial charge on any atom is 0.240 e. The fourth-order valence-electron chi connectivity index (χ4n) is 3.21. The van der Waals surface area contributed by atoms with E-state index in [9.17, 15) is 8.42 Å². The van der Waals surface area contributed by atoms with Gasteiger partial charge >= 0.3 is 0 Å². The number of hydrogen-bond donors (Lipinski definition) is 2. The summed E-state index contributed by atoms with van der Waals surface area (Å²) in [7, 11) is -3.55. The molecule has 1 heterocycles. The summed E-state index contributed by atoms with van der Waals surface area (Å²) in [6.45, 7) is 2.28. The quantitative estimate of drug-likeness (QED) is 0.824. The van der Waals surface area contributed by atoms with Crippen molar-refractivity contribution in [3.63, 3.8) is 0 Å². The molecule has 0 aliphatic heterocycles. The first-order valence-electron chi connectivity index (χ1n) is 8.24. The molecule has 1 aromatic heterocycles. The first kappa shape index (κ1) is 19.9. The highest BCUT2D eigenvalue weighted by atomic mass is 35.5. The van der Waals surface area contributed by atoms with Crippen LogP contribution in [0.15, 0.2) is 39.8 Å². The summed E-state index contributed by atoms with van der Waals surface area (Å²) >= 11 is 0. The summed E-state index contributed by atoms with van der Waals surface area (Å²) in [5, 5.41) is 0. The zero-order valence-electron chi connectivity index (χ0n) is 14.1. The molecule has 8 heteroatoms. The standard InChI is InChI=1S/C17H23N3O3S.ClH/c1-12-19-17(11-23-12)13-6-8-15(9-7-13)24(21,22)20-16-5-3-2-4-14(16)10-18;/h6-9,11,14,16,20H,2-5,10,18H2,1H3;1H. The lowest BCUT2D eigenvalue weighted by molar-refractivity contribution is 0.296. The molecule has 2 atom stereocenters. The predicted octanol–water partition coefficient (Wildman–Crippen LogP) is 2.87. The Morgan fingerprint density at radius 3 is 2.52 bits per heavy atom. The predicted molar refractivity (Wildman–Crippen MR) is 99.0 cm³/mol. The van der Waals surface area contributed by atoms with Crippen molar-refractivity contribution in [2.45, 2.75) is 43.5 Å². The second kappa shape index (κ2) is 8.31. The molecule has 1 fully saturated rings. The van der Waals surface area contributed by atoms with Gasteiger partial charge in [-0.25, -0.2) is 18.1 Å². The lowest BCUT2D eigenvalue weighted by atomic mass is 9.85. The van der Waals surface area contributed by atoms with E-state index in [4.69, 9.17) is 10.2 Å². The first-order valence-corrected chi connectivity index (χ1v) is 9.73. The van der Waals surface area contributed by atoms with E-state index in [-0.39, 0.29) is 29.3 Å². The maximum atomic E-state index is 12.6. The van der Waals surface area contributed by atoms with Crippen LogP contribution in [0.5, 0.6) is 0 Å². The van der Waals surface area contributed by atoms with Crippen molar-refractivity contribution in [1.29, 1.82) is 0 Å². The number of sulfonamides is 1. The number of nitrogens with one attached hydrogen (secondary N) is 1. The van der Waals surface area contributed by atoms with E-state index >= 15 is 0 Å². The normalized spacial score (nSPS) is 20.9. The van der Waals surface area contributed by atoms with E-state index in [2.05, 4.69) is 9.71 Å². The largest absolute Gasteiger partial charge is 0.449 e. The summed E-state index contributed by atoms with van der Waals surface area (Å²) in [5.74, 6) is 0.791. The van der Waals surface area contributed by atoms with Gasteiger partial charge in [-0.2, -0.15) is 0 Å². The molecule has 25 heavy (non-hydrogen) atoms. The maximum absolute atomic E-state index is 12.6. The highest BCUT2D eigenvalue weighted by Crippen LogP contribution is 2.26. The van der Waals surface area contributed by atoms with Gasteiger partial charge in [-0.05, 0) is 37.4 Å². The zero-order chi connectivity index (χ0) is 17.2. The van der Waals surface area contributed by atoms with Crippen LogP contribution < -0.4 is 10.5 Å². The highest BCUT2D eigenvalue weighted by Gasteiger charge is 2.28. The fraction of sp³-hybridized carbons (Fsp3) is 0.471.